The first-order valence-electron chi connectivity index (χ1n) is 10.5. The number of rotatable bonds is 4. The third-order valence-electron chi connectivity index (χ3n) is 5.84. The van der Waals surface area contributed by atoms with Crippen LogP contribution in [0.2, 0.25) is 0 Å². The maximum Gasteiger partial charge on any atom is 0.231 e. The molecule has 0 N–H and O–H groups in total. The van der Waals surface area contributed by atoms with E-state index in [9.17, 15) is 0 Å². The van der Waals surface area contributed by atoms with Crippen molar-refractivity contribution in [2.24, 2.45) is 5.92 Å². The fraction of sp³-hybridized carbons (Fsp3) is 0.478. The van der Waals surface area contributed by atoms with Crippen molar-refractivity contribution in [1.29, 1.82) is 0 Å². The molecule has 0 unspecified atom stereocenters. The van der Waals surface area contributed by atoms with E-state index in [2.05, 4.69) is 30.9 Å². The van der Waals surface area contributed by atoms with Crippen LogP contribution in [0.3, 0.4) is 0 Å². The molecule has 0 amide bonds. The zero-order valence-electron chi connectivity index (χ0n) is 17.1. The Morgan fingerprint density at radius 2 is 2.10 bits per heavy atom. The number of benzene rings is 1. The lowest BCUT2D eigenvalue weighted by Crippen LogP contribution is -2.36. The highest BCUT2D eigenvalue weighted by Crippen LogP contribution is 2.42. The highest BCUT2D eigenvalue weighted by molar-refractivity contribution is 7.18. The fourth-order valence-corrected chi connectivity index (χ4v) is 5.64. The topological polar surface area (TPSA) is 47.5 Å². The highest BCUT2D eigenvalue weighted by atomic mass is 32.1. The zero-order chi connectivity index (χ0) is 19.8. The van der Waals surface area contributed by atoms with E-state index < -0.39 is 0 Å². The Balaban J connectivity index is 1.56. The molecule has 3 heterocycles. The van der Waals surface area contributed by atoms with Gasteiger partial charge in [0.05, 0.1) is 25.1 Å². The lowest BCUT2D eigenvalue weighted by atomic mass is 9.89. The lowest BCUT2D eigenvalue weighted by Gasteiger charge is -2.25. The normalized spacial score (nSPS) is 20.0. The van der Waals surface area contributed by atoms with Gasteiger partial charge in [-0.05, 0) is 55.4 Å². The molecule has 152 valence electrons. The third-order valence-corrected chi connectivity index (χ3v) is 6.99. The van der Waals surface area contributed by atoms with E-state index in [1.54, 1.807) is 0 Å². The van der Waals surface area contributed by atoms with Gasteiger partial charge in [-0.1, -0.05) is 19.1 Å². The highest BCUT2D eigenvalue weighted by Gasteiger charge is 2.25. The van der Waals surface area contributed by atoms with E-state index in [1.165, 1.54) is 22.4 Å². The molecule has 1 aliphatic heterocycles. The maximum absolute atomic E-state index is 6.37. The van der Waals surface area contributed by atoms with E-state index in [-0.39, 0.29) is 0 Å². The monoisotopic (exact) mass is 409 g/mol. The number of nitrogens with zero attached hydrogens (tertiary/aromatic N) is 3. The molecule has 1 aromatic carbocycles. The number of fused-ring (bicyclic) bond motifs is 3. The van der Waals surface area contributed by atoms with Crippen molar-refractivity contribution >= 4 is 21.6 Å². The standard InChI is InChI=1S/C23H27N3O2S/c1-15-4-3-5-17(12-15)28-22-21-18-7-6-16(2)13-19(18)29-23(21)25-20(24-22)14-26-8-10-27-11-9-26/h3-5,12,16H,6-11,13-14H2,1-2H3/t16-/m0/s1. The fourth-order valence-electron chi connectivity index (χ4n) is 4.25. The summed E-state index contributed by atoms with van der Waals surface area (Å²) >= 11 is 1.83. The SMILES string of the molecule is Cc1cccc(Oc2nc(CN3CCOCC3)nc3sc4c(c23)CC[C@H](C)C4)c1. The quantitative estimate of drug-likeness (QED) is 0.622. The average molecular weight is 410 g/mol. The molecular weight excluding hydrogens is 382 g/mol. The second kappa shape index (κ2) is 8.01. The molecule has 0 radical (unpaired) electrons. The summed E-state index contributed by atoms with van der Waals surface area (Å²) in [5, 5.41) is 1.13. The van der Waals surface area contributed by atoms with Crippen LogP contribution in [0, 0.1) is 12.8 Å². The Kier molecular flexibility index (Phi) is 5.24. The largest absolute Gasteiger partial charge is 0.438 e. The second-order valence-corrected chi connectivity index (χ2v) is 9.37. The number of hydrogen-bond donors (Lipinski definition) is 0. The van der Waals surface area contributed by atoms with Crippen LogP contribution in [0.4, 0.5) is 0 Å². The molecule has 5 rings (SSSR count). The molecule has 0 saturated carbocycles. The van der Waals surface area contributed by atoms with Crippen LogP contribution in [0.25, 0.3) is 10.2 Å². The summed E-state index contributed by atoms with van der Waals surface area (Å²) in [6.45, 7) is 8.57. The van der Waals surface area contributed by atoms with Crippen LogP contribution in [-0.4, -0.2) is 41.2 Å². The van der Waals surface area contributed by atoms with Crippen molar-refractivity contribution < 1.29 is 9.47 Å². The molecule has 6 heteroatoms. The van der Waals surface area contributed by atoms with E-state index >= 15 is 0 Å². The van der Waals surface area contributed by atoms with Gasteiger partial charge in [0, 0.05) is 18.0 Å². The van der Waals surface area contributed by atoms with Crippen LogP contribution >= 0.6 is 11.3 Å². The number of ether oxygens (including phenoxy) is 2. The van der Waals surface area contributed by atoms with Gasteiger partial charge in [-0.2, -0.15) is 4.98 Å². The first-order valence-corrected chi connectivity index (χ1v) is 11.3. The van der Waals surface area contributed by atoms with Gasteiger partial charge < -0.3 is 9.47 Å². The van der Waals surface area contributed by atoms with E-state index in [0.717, 1.165) is 79.3 Å². The van der Waals surface area contributed by atoms with Crippen molar-refractivity contribution in [3.63, 3.8) is 0 Å². The van der Waals surface area contributed by atoms with E-state index in [4.69, 9.17) is 19.4 Å². The zero-order valence-corrected chi connectivity index (χ0v) is 17.9. The van der Waals surface area contributed by atoms with Crippen molar-refractivity contribution in [3.05, 3.63) is 46.1 Å². The van der Waals surface area contributed by atoms with Gasteiger partial charge in [0.25, 0.3) is 0 Å². The lowest BCUT2D eigenvalue weighted by molar-refractivity contribution is 0.0330. The molecule has 0 spiro atoms. The predicted octanol–water partition coefficient (Wildman–Crippen LogP) is 4.75. The van der Waals surface area contributed by atoms with Crippen molar-refractivity contribution in [3.8, 4) is 11.6 Å². The number of aromatic nitrogens is 2. The molecule has 2 aliphatic rings. The smallest absolute Gasteiger partial charge is 0.231 e. The molecule has 2 aromatic heterocycles. The van der Waals surface area contributed by atoms with Crippen LogP contribution in [0.5, 0.6) is 11.6 Å². The van der Waals surface area contributed by atoms with Crippen LogP contribution in [-0.2, 0) is 24.1 Å². The van der Waals surface area contributed by atoms with Gasteiger partial charge in [0.15, 0.2) is 0 Å². The molecule has 3 aromatic rings. The minimum absolute atomic E-state index is 0.718. The summed E-state index contributed by atoms with van der Waals surface area (Å²) in [6, 6.07) is 8.18. The summed E-state index contributed by atoms with van der Waals surface area (Å²) in [4.78, 5) is 14.8. The molecule has 1 saturated heterocycles. The molecule has 0 bridgehead atoms. The predicted molar refractivity (Wildman–Crippen MR) is 116 cm³/mol. The van der Waals surface area contributed by atoms with Gasteiger partial charge >= 0.3 is 0 Å². The average Bonchev–Trinajstić information content (AvgIpc) is 3.06. The van der Waals surface area contributed by atoms with Crippen molar-refractivity contribution in [2.45, 2.75) is 39.7 Å². The minimum Gasteiger partial charge on any atom is -0.438 e. The summed E-state index contributed by atoms with van der Waals surface area (Å²) in [7, 11) is 0. The molecular formula is C23H27N3O2S. The summed E-state index contributed by atoms with van der Waals surface area (Å²) in [5.41, 5.74) is 2.59. The third kappa shape index (κ3) is 4.02. The van der Waals surface area contributed by atoms with Crippen molar-refractivity contribution in [2.75, 3.05) is 26.3 Å². The Morgan fingerprint density at radius 1 is 1.24 bits per heavy atom. The minimum atomic E-state index is 0.718. The van der Waals surface area contributed by atoms with Gasteiger partial charge in [-0.3, -0.25) is 4.90 Å². The Labute approximate surface area is 175 Å². The Morgan fingerprint density at radius 3 is 2.93 bits per heavy atom. The Hall–Kier alpha value is -2.02. The van der Waals surface area contributed by atoms with Crippen molar-refractivity contribution in [1.82, 2.24) is 14.9 Å². The molecule has 1 atom stereocenters. The second-order valence-electron chi connectivity index (χ2n) is 8.28. The Bertz CT molecular complexity index is 1030. The summed E-state index contributed by atoms with van der Waals surface area (Å²) in [5.74, 6) is 3.13. The molecule has 1 fully saturated rings. The van der Waals surface area contributed by atoms with E-state index in [0.29, 0.717) is 0 Å². The first-order chi connectivity index (χ1) is 14.2. The van der Waals surface area contributed by atoms with Gasteiger partial charge in [-0.15, -0.1) is 11.3 Å². The van der Waals surface area contributed by atoms with Crippen LogP contribution < -0.4 is 4.74 Å². The summed E-state index contributed by atoms with van der Waals surface area (Å²) < 4.78 is 11.8. The number of morpholine rings is 1. The van der Waals surface area contributed by atoms with Crippen LogP contribution in [0.15, 0.2) is 24.3 Å². The van der Waals surface area contributed by atoms with E-state index in [1.807, 2.05) is 23.5 Å². The van der Waals surface area contributed by atoms with Gasteiger partial charge in [0.1, 0.15) is 16.4 Å². The summed E-state index contributed by atoms with van der Waals surface area (Å²) in [6.07, 6.45) is 3.45. The van der Waals surface area contributed by atoms with Gasteiger partial charge in [-0.25, -0.2) is 4.98 Å². The number of aryl methyl sites for hydroxylation is 2. The molecule has 5 nitrogen and oxygen atoms in total. The maximum atomic E-state index is 6.37. The number of hydrogen-bond acceptors (Lipinski definition) is 6. The molecule has 1 aliphatic carbocycles. The van der Waals surface area contributed by atoms with Gasteiger partial charge in [0.2, 0.25) is 5.88 Å². The molecule has 29 heavy (non-hydrogen) atoms. The first kappa shape index (κ1) is 19.0. The van der Waals surface area contributed by atoms with Crippen LogP contribution in [0.1, 0.15) is 35.2 Å². The number of thiophene rings is 1.